The fourth-order valence-corrected chi connectivity index (χ4v) is 2.03. The lowest BCUT2D eigenvalue weighted by molar-refractivity contribution is 0.0933. The molecule has 1 aromatic rings. The number of nitrogens with one attached hydrogen (secondary N) is 1. The van der Waals surface area contributed by atoms with Crippen molar-refractivity contribution >= 4 is 28.5 Å². The third-order valence-corrected chi connectivity index (χ3v) is 3.56. The minimum absolute atomic E-state index is 0.0155. The molecule has 0 spiro atoms. The monoisotopic (exact) mass is 361 g/mol. The maximum Gasteiger partial charge on any atom is 0.251 e. The summed E-state index contributed by atoms with van der Waals surface area (Å²) in [6.45, 7) is 5.01. The van der Waals surface area contributed by atoms with Crippen molar-refractivity contribution in [3.8, 4) is 0 Å². The molecular formula is C14H20INO2. The van der Waals surface area contributed by atoms with E-state index >= 15 is 0 Å². The van der Waals surface area contributed by atoms with Gasteiger partial charge >= 0.3 is 0 Å². The molecule has 0 fully saturated rings. The molecule has 0 aliphatic carbocycles. The van der Waals surface area contributed by atoms with Crippen LogP contribution in [0.5, 0.6) is 0 Å². The zero-order valence-electron chi connectivity index (χ0n) is 10.9. The molecule has 0 bridgehead atoms. The lowest BCUT2D eigenvalue weighted by Gasteiger charge is -2.24. The van der Waals surface area contributed by atoms with E-state index in [4.69, 9.17) is 5.11 Å². The predicted octanol–water partition coefficient (Wildman–Crippen LogP) is 2.82. The van der Waals surface area contributed by atoms with Crippen molar-refractivity contribution in [1.29, 1.82) is 0 Å². The van der Waals surface area contributed by atoms with Gasteiger partial charge in [-0.15, -0.1) is 0 Å². The largest absolute Gasteiger partial charge is 0.396 e. The van der Waals surface area contributed by atoms with E-state index in [1.165, 1.54) is 0 Å². The zero-order chi connectivity index (χ0) is 13.6. The average molecular weight is 361 g/mol. The number of halogens is 1. The van der Waals surface area contributed by atoms with Crippen LogP contribution in [0.4, 0.5) is 0 Å². The van der Waals surface area contributed by atoms with E-state index in [-0.39, 0.29) is 17.9 Å². The Morgan fingerprint density at radius 2 is 1.94 bits per heavy atom. The fraction of sp³-hybridized carbons (Fsp3) is 0.500. The summed E-state index contributed by atoms with van der Waals surface area (Å²) in [5.74, 6) is -0.0385. The molecule has 2 N–H and O–H groups in total. The number of carbonyl (C=O) groups is 1. The number of aliphatic hydroxyl groups excluding tert-OH is 1. The quantitative estimate of drug-likeness (QED) is 0.766. The zero-order valence-corrected chi connectivity index (χ0v) is 13.0. The molecule has 0 saturated heterocycles. The Balaban J connectivity index is 2.48. The van der Waals surface area contributed by atoms with E-state index < -0.39 is 0 Å². The van der Waals surface area contributed by atoms with Gasteiger partial charge in [-0.05, 0) is 65.1 Å². The number of carbonyl (C=O) groups excluding carboxylic acids is 1. The maximum absolute atomic E-state index is 11.9. The standard InChI is InChI=1S/C14H20INO2/c1-14(2,8-3-9-17)10-16-13(18)11-4-6-12(15)7-5-11/h4-7,17H,3,8-10H2,1-2H3,(H,16,18). The van der Waals surface area contributed by atoms with Gasteiger partial charge in [0.2, 0.25) is 0 Å². The van der Waals surface area contributed by atoms with Crippen molar-refractivity contribution in [1.82, 2.24) is 5.32 Å². The van der Waals surface area contributed by atoms with E-state index in [0.717, 1.165) is 16.4 Å². The van der Waals surface area contributed by atoms with Crippen LogP contribution in [-0.4, -0.2) is 24.2 Å². The van der Waals surface area contributed by atoms with Gasteiger partial charge < -0.3 is 10.4 Å². The number of aliphatic hydroxyl groups is 1. The maximum atomic E-state index is 11.9. The first-order chi connectivity index (χ1) is 8.44. The van der Waals surface area contributed by atoms with Crippen LogP contribution in [0, 0.1) is 8.99 Å². The smallest absolute Gasteiger partial charge is 0.251 e. The van der Waals surface area contributed by atoms with Crippen LogP contribution >= 0.6 is 22.6 Å². The summed E-state index contributed by atoms with van der Waals surface area (Å²) in [5, 5.41) is 11.8. The SMILES string of the molecule is CC(C)(CCCO)CNC(=O)c1ccc(I)cc1. The van der Waals surface area contributed by atoms with Crippen molar-refractivity contribution in [2.45, 2.75) is 26.7 Å². The van der Waals surface area contributed by atoms with Gasteiger partial charge in [0.15, 0.2) is 0 Å². The molecule has 0 heterocycles. The summed E-state index contributed by atoms with van der Waals surface area (Å²) in [4.78, 5) is 11.9. The highest BCUT2D eigenvalue weighted by molar-refractivity contribution is 14.1. The molecule has 4 heteroatoms. The molecule has 1 amide bonds. The van der Waals surface area contributed by atoms with Crippen molar-refractivity contribution in [3.05, 3.63) is 33.4 Å². The van der Waals surface area contributed by atoms with Crippen molar-refractivity contribution in [2.75, 3.05) is 13.2 Å². The number of amides is 1. The Kier molecular flexibility index (Phi) is 6.08. The number of hydrogen-bond acceptors (Lipinski definition) is 2. The Bertz CT molecular complexity index is 387. The van der Waals surface area contributed by atoms with Crippen LogP contribution in [0.2, 0.25) is 0 Å². The van der Waals surface area contributed by atoms with Gasteiger partial charge in [-0.25, -0.2) is 0 Å². The number of hydrogen-bond donors (Lipinski definition) is 2. The molecule has 18 heavy (non-hydrogen) atoms. The lowest BCUT2D eigenvalue weighted by atomic mass is 9.88. The van der Waals surface area contributed by atoms with Crippen LogP contribution in [-0.2, 0) is 0 Å². The summed E-state index contributed by atoms with van der Waals surface area (Å²) in [6.07, 6.45) is 1.67. The van der Waals surface area contributed by atoms with E-state index in [1.54, 1.807) is 0 Å². The van der Waals surface area contributed by atoms with Gasteiger partial charge in [-0.3, -0.25) is 4.79 Å². The molecule has 0 saturated carbocycles. The first-order valence-electron chi connectivity index (χ1n) is 6.09. The van der Waals surface area contributed by atoms with Gasteiger partial charge in [-0.2, -0.15) is 0 Å². The average Bonchev–Trinajstić information content (AvgIpc) is 2.35. The molecule has 0 aliphatic heterocycles. The fourth-order valence-electron chi connectivity index (χ4n) is 1.67. The van der Waals surface area contributed by atoms with Crippen molar-refractivity contribution in [2.24, 2.45) is 5.41 Å². The number of rotatable bonds is 6. The first kappa shape index (κ1) is 15.4. The Hall–Kier alpha value is -0.620. The minimum Gasteiger partial charge on any atom is -0.396 e. The second kappa shape index (κ2) is 7.09. The van der Waals surface area contributed by atoms with Gasteiger partial charge in [-0.1, -0.05) is 13.8 Å². The normalized spacial score (nSPS) is 11.3. The second-order valence-corrected chi connectivity index (χ2v) is 6.43. The highest BCUT2D eigenvalue weighted by Crippen LogP contribution is 2.20. The van der Waals surface area contributed by atoms with Gasteiger partial charge in [0.1, 0.15) is 0 Å². The van der Waals surface area contributed by atoms with Crippen LogP contribution in [0.25, 0.3) is 0 Å². The van der Waals surface area contributed by atoms with Crippen LogP contribution in [0.15, 0.2) is 24.3 Å². The molecule has 0 aliphatic rings. The van der Waals surface area contributed by atoms with E-state index in [2.05, 4.69) is 41.8 Å². The number of benzene rings is 1. The van der Waals surface area contributed by atoms with Gasteiger partial charge in [0.25, 0.3) is 5.91 Å². The molecule has 100 valence electrons. The van der Waals surface area contributed by atoms with Crippen LogP contribution < -0.4 is 5.32 Å². The summed E-state index contributed by atoms with van der Waals surface area (Å²) >= 11 is 2.21. The van der Waals surface area contributed by atoms with Crippen LogP contribution in [0.3, 0.4) is 0 Å². The summed E-state index contributed by atoms with van der Waals surface area (Å²) in [5.41, 5.74) is 0.704. The van der Waals surface area contributed by atoms with Gasteiger partial charge in [0.05, 0.1) is 0 Å². The molecule has 0 atom stereocenters. The highest BCUT2D eigenvalue weighted by atomic mass is 127. The Morgan fingerprint density at radius 1 is 1.33 bits per heavy atom. The lowest BCUT2D eigenvalue weighted by Crippen LogP contribution is -2.34. The Morgan fingerprint density at radius 3 is 2.50 bits per heavy atom. The molecule has 1 rings (SSSR count). The third kappa shape index (κ3) is 5.35. The molecule has 0 radical (unpaired) electrons. The summed E-state index contributed by atoms with van der Waals surface area (Å²) in [6, 6.07) is 7.51. The molecular weight excluding hydrogens is 341 g/mol. The first-order valence-corrected chi connectivity index (χ1v) is 7.17. The van der Waals surface area contributed by atoms with Gasteiger partial charge in [0, 0.05) is 22.3 Å². The van der Waals surface area contributed by atoms with Crippen molar-refractivity contribution < 1.29 is 9.90 Å². The minimum atomic E-state index is -0.0385. The van der Waals surface area contributed by atoms with E-state index in [9.17, 15) is 4.79 Å². The topological polar surface area (TPSA) is 49.3 Å². The van der Waals surface area contributed by atoms with Crippen molar-refractivity contribution in [3.63, 3.8) is 0 Å². The van der Waals surface area contributed by atoms with E-state index in [1.807, 2.05) is 24.3 Å². The summed E-state index contributed by atoms with van der Waals surface area (Å²) in [7, 11) is 0. The Labute approximate surface area is 122 Å². The third-order valence-electron chi connectivity index (χ3n) is 2.85. The van der Waals surface area contributed by atoms with E-state index in [0.29, 0.717) is 12.1 Å². The molecule has 1 aromatic carbocycles. The highest BCUT2D eigenvalue weighted by Gasteiger charge is 2.18. The van der Waals surface area contributed by atoms with Crippen LogP contribution in [0.1, 0.15) is 37.0 Å². The molecule has 3 nitrogen and oxygen atoms in total. The second-order valence-electron chi connectivity index (χ2n) is 5.18. The predicted molar refractivity (Wildman–Crippen MR) is 81.6 cm³/mol. The summed E-state index contributed by atoms with van der Waals surface area (Å²) < 4.78 is 1.12. The molecule has 0 unspecified atom stereocenters. The molecule has 0 aromatic heterocycles.